The van der Waals surface area contributed by atoms with Crippen LogP contribution < -0.4 is 5.32 Å². The summed E-state index contributed by atoms with van der Waals surface area (Å²) in [6.45, 7) is 13.8. The highest BCUT2D eigenvalue weighted by molar-refractivity contribution is 8.18. The largest absolute Gasteiger partial charge is 0.290 e. The Morgan fingerprint density at radius 3 is 2.26 bits per heavy atom. The fourth-order valence-electron chi connectivity index (χ4n) is 4.92. The minimum Gasteiger partial charge on any atom is -0.282 e. The summed E-state index contributed by atoms with van der Waals surface area (Å²) in [6.07, 6.45) is 5.12. The van der Waals surface area contributed by atoms with Crippen LogP contribution in [0.25, 0.3) is 17.2 Å². The molecule has 2 amide bonds. The van der Waals surface area contributed by atoms with Crippen molar-refractivity contribution in [1.82, 2.24) is 5.32 Å². The number of hydrogen-bond acceptors (Lipinski definition) is 3. The SMILES string of the molecule is CCc1cccc(/C=C2/SC(=O)NC2=O)c1-c1cc2c(cc1C)C(C)(C)CCC2(C)C. The summed E-state index contributed by atoms with van der Waals surface area (Å²) >= 11 is 0.974. The maximum absolute atomic E-state index is 12.2. The van der Waals surface area contributed by atoms with Gasteiger partial charge in [0.25, 0.3) is 11.1 Å². The molecule has 4 rings (SSSR count). The van der Waals surface area contributed by atoms with Crippen molar-refractivity contribution in [3.8, 4) is 11.1 Å². The number of benzene rings is 2. The van der Waals surface area contributed by atoms with E-state index in [2.05, 4.69) is 65.1 Å². The molecule has 4 heteroatoms. The van der Waals surface area contributed by atoms with E-state index in [1.165, 1.54) is 46.2 Å². The molecule has 1 heterocycles. The molecule has 162 valence electrons. The normalized spacial score (nSPS) is 20.6. The molecular weight excluding hydrogens is 402 g/mol. The van der Waals surface area contributed by atoms with Gasteiger partial charge < -0.3 is 0 Å². The number of imide groups is 1. The van der Waals surface area contributed by atoms with Crippen LogP contribution in [-0.2, 0) is 22.0 Å². The highest BCUT2D eigenvalue weighted by Gasteiger charge is 2.37. The van der Waals surface area contributed by atoms with Crippen molar-refractivity contribution in [1.29, 1.82) is 0 Å². The number of aryl methyl sites for hydroxylation is 2. The van der Waals surface area contributed by atoms with Crippen LogP contribution in [-0.4, -0.2) is 11.1 Å². The van der Waals surface area contributed by atoms with Crippen LogP contribution in [0.3, 0.4) is 0 Å². The van der Waals surface area contributed by atoms with Crippen molar-refractivity contribution in [3.63, 3.8) is 0 Å². The average molecular weight is 434 g/mol. The zero-order valence-electron chi connectivity index (χ0n) is 19.3. The number of carbonyl (C=O) groups excluding carboxylic acids is 2. The van der Waals surface area contributed by atoms with Crippen molar-refractivity contribution in [2.75, 3.05) is 0 Å². The molecule has 1 N–H and O–H groups in total. The van der Waals surface area contributed by atoms with Gasteiger partial charge in [0.2, 0.25) is 0 Å². The monoisotopic (exact) mass is 433 g/mol. The Morgan fingerprint density at radius 1 is 1.03 bits per heavy atom. The van der Waals surface area contributed by atoms with Gasteiger partial charge in [0.1, 0.15) is 0 Å². The predicted octanol–water partition coefficient (Wildman–Crippen LogP) is 6.90. The van der Waals surface area contributed by atoms with Crippen LogP contribution in [0, 0.1) is 6.92 Å². The third-order valence-corrected chi connectivity index (χ3v) is 7.77. The van der Waals surface area contributed by atoms with E-state index in [-0.39, 0.29) is 22.0 Å². The molecule has 0 aromatic heterocycles. The molecule has 1 fully saturated rings. The lowest BCUT2D eigenvalue weighted by atomic mass is 9.62. The number of fused-ring (bicyclic) bond motifs is 1. The Morgan fingerprint density at radius 2 is 1.68 bits per heavy atom. The Bertz CT molecular complexity index is 1120. The second-order valence-corrected chi connectivity index (χ2v) is 11.1. The van der Waals surface area contributed by atoms with E-state index in [9.17, 15) is 9.59 Å². The lowest BCUT2D eigenvalue weighted by Crippen LogP contribution is -2.34. The third-order valence-electron chi connectivity index (χ3n) is 6.96. The Hall–Kier alpha value is -2.33. The number of thioether (sulfide) groups is 1. The minimum atomic E-state index is -0.312. The van der Waals surface area contributed by atoms with E-state index in [1.54, 1.807) is 0 Å². The van der Waals surface area contributed by atoms with Crippen LogP contribution in [0.1, 0.15) is 75.3 Å². The van der Waals surface area contributed by atoms with Crippen LogP contribution in [0.4, 0.5) is 4.79 Å². The molecule has 2 aromatic rings. The number of rotatable bonds is 3. The van der Waals surface area contributed by atoms with E-state index in [0.29, 0.717) is 4.91 Å². The highest BCUT2D eigenvalue weighted by Crippen LogP contribution is 2.48. The summed E-state index contributed by atoms with van der Waals surface area (Å²) in [5.74, 6) is -0.312. The quantitative estimate of drug-likeness (QED) is 0.536. The zero-order valence-corrected chi connectivity index (χ0v) is 20.1. The fourth-order valence-corrected chi connectivity index (χ4v) is 5.59. The summed E-state index contributed by atoms with van der Waals surface area (Å²) in [4.78, 5) is 24.3. The summed E-state index contributed by atoms with van der Waals surface area (Å²) in [5, 5.41) is 2.06. The minimum absolute atomic E-state index is 0.126. The molecule has 1 aliphatic carbocycles. The Balaban J connectivity index is 1.96. The van der Waals surface area contributed by atoms with Gasteiger partial charge in [-0.1, -0.05) is 65.0 Å². The van der Waals surface area contributed by atoms with E-state index in [4.69, 9.17) is 0 Å². The van der Waals surface area contributed by atoms with Crippen LogP contribution in [0.5, 0.6) is 0 Å². The first kappa shape index (κ1) is 21.9. The van der Waals surface area contributed by atoms with Gasteiger partial charge in [-0.05, 0) is 93.8 Å². The number of carbonyl (C=O) groups is 2. The molecule has 0 radical (unpaired) electrons. The van der Waals surface area contributed by atoms with E-state index < -0.39 is 0 Å². The molecule has 31 heavy (non-hydrogen) atoms. The van der Waals surface area contributed by atoms with Crippen molar-refractivity contribution in [2.24, 2.45) is 0 Å². The van der Waals surface area contributed by atoms with Crippen molar-refractivity contribution < 1.29 is 9.59 Å². The summed E-state index contributed by atoms with van der Waals surface area (Å²) in [5.41, 5.74) is 9.07. The molecular formula is C27H31NO2S. The first-order chi connectivity index (χ1) is 14.5. The van der Waals surface area contributed by atoms with Gasteiger partial charge in [-0.3, -0.25) is 14.9 Å². The van der Waals surface area contributed by atoms with Gasteiger partial charge in [-0.25, -0.2) is 0 Å². The maximum Gasteiger partial charge on any atom is 0.290 e. The summed E-state index contributed by atoms with van der Waals surface area (Å²) in [7, 11) is 0. The zero-order chi connectivity index (χ0) is 22.6. The highest BCUT2D eigenvalue weighted by atomic mass is 32.2. The van der Waals surface area contributed by atoms with Crippen molar-refractivity contribution >= 4 is 29.0 Å². The molecule has 0 bridgehead atoms. The summed E-state index contributed by atoms with van der Waals surface area (Å²) in [6, 6.07) is 11.0. The molecule has 1 aliphatic heterocycles. The van der Waals surface area contributed by atoms with E-state index >= 15 is 0 Å². The van der Waals surface area contributed by atoms with Crippen molar-refractivity contribution in [2.45, 2.75) is 71.6 Å². The van der Waals surface area contributed by atoms with Gasteiger partial charge in [-0.15, -0.1) is 0 Å². The smallest absolute Gasteiger partial charge is 0.282 e. The van der Waals surface area contributed by atoms with Crippen LogP contribution in [0.15, 0.2) is 35.2 Å². The number of amides is 2. The molecule has 2 aromatic carbocycles. The Kier molecular flexibility index (Phi) is 5.41. The van der Waals surface area contributed by atoms with Gasteiger partial charge in [0, 0.05) is 0 Å². The van der Waals surface area contributed by atoms with Gasteiger partial charge in [0.15, 0.2) is 0 Å². The standard InChI is InChI=1S/C27H31NO2S/c1-7-17-9-8-10-18(14-22-24(29)28-25(30)31-22)23(17)19-15-21-20(13-16(19)2)26(3,4)11-12-27(21,5)6/h8-10,13-15H,7,11-12H2,1-6H3,(H,28,29,30)/b22-14+. The maximum atomic E-state index is 12.2. The van der Waals surface area contributed by atoms with Gasteiger partial charge in [-0.2, -0.15) is 0 Å². The van der Waals surface area contributed by atoms with E-state index in [1.807, 2.05) is 18.2 Å². The molecule has 0 unspecified atom stereocenters. The predicted molar refractivity (Wildman–Crippen MR) is 130 cm³/mol. The second-order valence-electron chi connectivity index (χ2n) is 10.1. The number of nitrogens with one attached hydrogen (secondary N) is 1. The molecule has 0 atom stereocenters. The van der Waals surface area contributed by atoms with Crippen LogP contribution >= 0.6 is 11.8 Å². The Labute approximate surface area is 189 Å². The first-order valence-electron chi connectivity index (χ1n) is 11.1. The molecule has 2 aliphatic rings. The first-order valence-corrected chi connectivity index (χ1v) is 11.9. The second kappa shape index (κ2) is 7.67. The fraction of sp³-hybridized carbons (Fsp3) is 0.407. The van der Waals surface area contributed by atoms with Gasteiger partial charge in [0.05, 0.1) is 4.91 Å². The van der Waals surface area contributed by atoms with Crippen LogP contribution in [0.2, 0.25) is 0 Å². The topological polar surface area (TPSA) is 46.2 Å². The van der Waals surface area contributed by atoms with Crippen molar-refractivity contribution in [3.05, 3.63) is 63.1 Å². The molecule has 0 saturated carbocycles. The average Bonchev–Trinajstić information content (AvgIpc) is 3.02. The number of hydrogen-bond donors (Lipinski definition) is 1. The molecule has 3 nitrogen and oxygen atoms in total. The molecule has 0 spiro atoms. The summed E-state index contributed by atoms with van der Waals surface area (Å²) < 4.78 is 0. The molecule has 1 saturated heterocycles. The van der Waals surface area contributed by atoms with E-state index in [0.717, 1.165) is 23.7 Å². The lowest BCUT2D eigenvalue weighted by Gasteiger charge is -2.42. The third kappa shape index (κ3) is 3.87. The van der Waals surface area contributed by atoms with Gasteiger partial charge >= 0.3 is 0 Å². The lowest BCUT2D eigenvalue weighted by molar-refractivity contribution is -0.115.